The van der Waals surface area contributed by atoms with Gasteiger partial charge in [0.15, 0.2) is 0 Å². The summed E-state index contributed by atoms with van der Waals surface area (Å²) in [5, 5.41) is 2.84. The molecule has 2 amide bonds. The molecule has 3 rings (SSSR count). The van der Waals surface area contributed by atoms with Crippen molar-refractivity contribution in [3.63, 3.8) is 0 Å². The molecule has 21 heavy (non-hydrogen) atoms. The van der Waals surface area contributed by atoms with Gasteiger partial charge in [0.25, 0.3) is 5.56 Å². The molecule has 112 valence electrons. The maximum atomic E-state index is 12.3. The third-order valence-corrected chi connectivity index (χ3v) is 4.44. The van der Waals surface area contributed by atoms with Crippen LogP contribution in [-0.2, 0) is 16.1 Å². The number of likely N-dealkylation sites (tertiary alicyclic amines) is 1. The number of rotatable bonds is 2. The van der Waals surface area contributed by atoms with E-state index < -0.39 is 0 Å². The smallest absolute Gasteiger partial charge is 0.251 e. The van der Waals surface area contributed by atoms with Gasteiger partial charge in [-0.25, -0.2) is 0 Å². The van der Waals surface area contributed by atoms with Gasteiger partial charge < -0.3 is 14.8 Å². The molecule has 6 nitrogen and oxygen atoms in total. The summed E-state index contributed by atoms with van der Waals surface area (Å²) in [5.74, 6) is 0.0104. The van der Waals surface area contributed by atoms with Gasteiger partial charge in [-0.1, -0.05) is 0 Å². The van der Waals surface area contributed by atoms with E-state index in [0.29, 0.717) is 26.1 Å². The second-order valence-corrected chi connectivity index (χ2v) is 6.19. The third-order valence-electron chi connectivity index (χ3n) is 4.44. The Hall–Kier alpha value is -2.11. The standard InChI is InChI=1S/C15H19N3O3/c1-11-2-4-17(13(20)6-11)8-14(21)18-5-3-15(10-18)7-12(19)16-9-15/h2,4,6H,3,5,7-10H2,1H3,(H,16,19). The van der Waals surface area contributed by atoms with Gasteiger partial charge in [0, 0.05) is 43.7 Å². The van der Waals surface area contributed by atoms with Crippen LogP contribution >= 0.6 is 0 Å². The van der Waals surface area contributed by atoms with E-state index in [1.807, 2.05) is 13.0 Å². The molecule has 0 aromatic carbocycles. The van der Waals surface area contributed by atoms with Crippen LogP contribution in [0.5, 0.6) is 0 Å². The molecule has 1 spiro atoms. The number of amides is 2. The van der Waals surface area contributed by atoms with Crippen LogP contribution in [0, 0.1) is 12.3 Å². The van der Waals surface area contributed by atoms with Crippen LogP contribution < -0.4 is 10.9 Å². The van der Waals surface area contributed by atoms with Crippen molar-refractivity contribution in [3.05, 3.63) is 34.2 Å². The van der Waals surface area contributed by atoms with E-state index >= 15 is 0 Å². The van der Waals surface area contributed by atoms with Gasteiger partial charge in [0.05, 0.1) is 0 Å². The molecule has 2 aliphatic heterocycles. The molecule has 1 aromatic rings. The van der Waals surface area contributed by atoms with Crippen LogP contribution in [0.2, 0.25) is 0 Å². The molecule has 1 aromatic heterocycles. The summed E-state index contributed by atoms with van der Waals surface area (Å²) in [6.07, 6.45) is 3.00. The van der Waals surface area contributed by atoms with Crippen molar-refractivity contribution in [2.24, 2.45) is 5.41 Å². The number of aryl methyl sites for hydroxylation is 1. The Labute approximate surface area is 122 Å². The van der Waals surface area contributed by atoms with Gasteiger partial charge in [-0.3, -0.25) is 14.4 Å². The van der Waals surface area contributed by atoms with Crippen molar-refractivity contribution in [3.8, 4) is 0 Å². The molecule has 1 atom stereocenters. The zero-order chi connectivity index (χ0) is 15.0. The highest BCUT2D eigenvalue weighted by atomic mass is 16.2. The maximum absolute atomic E-state index is 12.3. The minimum atomic E-state index is -0.157. The van der Waals surface area contributed by atoms with E-state index in [-0.39, 0.29) is 29.3 Å². The molecular formula is C15H19N3O3. The molecule has 2 aliphatic rings. The molecule has 0 bridgehead atoms. The Morgan fingerprint density at radius 2 is 2.24 bits per heavy atom. The van der Waals surface area contributed by atoms with Crippen molar-refractivity contribution in [2.75, 3.05) is 19.6 Å². The first-order chi connectivity index (χ1) is 9.97. The summed E-state index contributed by atoms with van der Waals surface area (Å²) in [6.45, 7) is 3.83. The van der Waals surface area contributed by atoms with Crippen molar-refractivity contribution in [1.82, 2.24) is 14.8 Å². The lowest BCUT2D eigenvalue weighted by molar-refractivity contribution is -0.131. The highest BCUT2D eigenvalue weighted by molar-refractivity contribution is 5.80. The quantitative estimate of drug-likeness (QED) is 0.826. The number of pyridine rings is 1. The first kappa shape index (κ1) is 13.9. The fraction of sp³-hybridized carbons (Fsp3) is 0.533. The molecule has 2 fully saturated rings. The lowest BCUT2D eigenvalue weighted by Crippen LogP contribution is -2.37. The van der Waals surface area contributed by atoms with Crippen molar-refractivity contribution < 1.29 is 9.59 Å². The average Bonchev–Trinajstić information content (AvgIpc) is 3.00. The van der Waals surface area contributed by atoms with Crippen LogP contribution in [0.1, 0.15) is 18.4 Å². The van der Waals surface area contributed by atoms with Crippen molar-refractivity contribution in [1.29, 1.82) is 0 Å². The lowest BCUT2D eigenvalue weighted by Gasteiger charge is -2.22. The Balaban J connectivity index is 1.67. The first-order valence-corrected chi connectivity index (χ1v) is 7.19. The number of nitrogens with one attached hydrogen (secondary N) is 1. The molecule has 1 unspecified atom stereocenters. The predicted molar refractivity (Wildman–Crippen MR) is 76.7 cm³/mol. The van der Waals surface area contributed by atoms with Gasteiger partial charge >= 0.3 is 0 Å². The van der Waals surface area contributed by atoms with E-state index in [9.17, 15) is 14.4 Å². The number of carbonyl (C=O) groups excluding carboxylic acids is 2. The highest BCUT2D eigenvalue weighted by Crippen LogP contribution is 2.36. The minimum Gasteiger partial charge on any atom is -0.355 e. The fourth-order valence-electron chi connectivity index (χ4n) is 3.17. The highest BCUT2D eigenvalue weighted by Gasteiger charge is 2.44. The Kier molecular flexibility index (Phi) is 3.31. The Morgan fingerprint density at radius 1 is 1.43 bits per heavy atom. The number of carbonyl (C=O) groups is 2. The van der Waals surface area contributed by atoms with Crippen LogP contribution in [-0.4, -0.2) is 40.9 Å². The SMILES string of the molecule is Cc1ccn(CC(=O)N2CCC3(CNC(=O)C3)C2)c(=O)c1. The number of hydrogen-bond acceptors (Lipinski definition) is 3. The molecule has 1 N–H and O–H groups in total. The molecule has 0 radical (unpaired) electrons. The zero-order valence-corrected chi connectivity index (χ0v) is 12.1. The largest absolute Gasteiger partial charge is 0.355 e. The topological polar surface area (TPSA) is 71.4 Å². The van der Waals surface area contributed by atoms with Crippen molar-refractivity contribution in [2.45, 2.75) is 26.3 Å². The third kappa shape index (κ3) is 2.70. The first-order valence-electron chi connectivity index (χ1n) is 7.19. The second kappa shape index (κ2) is 5.02. The number of hydrogen-bond donors (Lipinski definition) is 1. The van der Waals surface area contributed by atoms with Gasteiger partial charge in [0.2, 0.25) is 11.8 Å². The monoisotopic (exact) mass is 289 g/mol. The summed E-state index contributed by atoms with van der Waals surface area (Å²) in [7, 11) is 0. The molecule has 0 aliphatic carbocycles. The number of aromatic nitrogens is 1. The van der Waals surface area contributed by atoms with Crippen molar-refractivity contribution >= 4 is 11.8 Å². The van der Waals surface area contributed by atoms with Gasteiger partial charge in [0.1, 0.15) is 6.54 Å². The van der Waals surface area contributed by atoms with E-state index in [1.54, 1.807) is 11.1 Å². The molecule has 3 heterocycles. The van der Waals surface area contributed by atoms with Crippen LogP contribution in [0.25, 0.3) is 0 Å². The maximum Gasteiger partial charge on any atom is 0.251 e. The fourth-order valence-corrected chi connectivity index (χ4v) is 3.17. The van der Waals surface area contributed by atoms with E-state index in [2.05, 4.69) is 5.32 Å². The summed E-state index contributed by atoms with van der Waals surface area (Å²) in [6, 6.07) is 3.35. The van der Waals surface area contributed by atoms with Crippen LogP contribution in [0.15, 0.2) is 23.1 Å². The lowest BCUT2D eigenvalue weighted by atomic mass is 9.86. The van der Waals surface area contributed by atoms with E-state index in [0.717, 1.165) is 12.0 Å². The van der Waals surface area contributed by atoms with E-state index in [1.165, 1.54) is 10.6 Å². The summed E-state index contributed by atoms with van der Waals surface area (Å²) >= 11 is 0. The van der Waals surface area contributed by atoms with Crippen LogP contribution in [0.3, 0.4) is 0 Å². The van der Waals surface area contributed by atoms with Gasteiger partial charge in [-0.2, -0.15) is 0 Å². The summed E-state index contributed by atoms with van der Waals surface area (Å²) in [5.41, 5.74) is 0.639. The summed E-state index contributed by atoms with van der Waals surface area (Å²) in [4.78, 5) is 37.3. The summed E-state index contributed by atoms with van der Waals surface area (Å²) < 4.78 is 1.43. The molecule has 0 saturated carbocycles. The predicted octanol–water partition coefficient (Wildman–Crippen LogP) is -0.105. The number of nitrogens with zero attached hydrogens (tertiary/aromatic N) is 2. The van der Waals surface area contributed by atoms with Gasteiger partial charge in [-0.05, 0) is 25.0 Å². The average molecular weight is 289 g/mol. The molecular weight excluding hydrogens is 270 g/mol. The molecule has 6 heteroatoms. The Morgan fingerprint density at radius 3 is 2.90 bits per heavy atom. The molecule has 2 saturated heterocycles. The van der Waals surface area contributed by atoms with Crippen LogP contribution in [0.4, 0.5) is 0 Å². The Bertz CT molecular complexity index is 652. The second-order valence-electron chi connectivity index (χ2n) is 6.19. The zero-order valence-electron chi connectivity index (χ0n) is 12.1. The van der Waals surface area contributed by atoms with E-state index in [4.69, 9.17) is 0 Å². The van der Waals surface area contributed by atoms with Gasteiger partial charge in [-0.15, -0.1) is 0 Å². The minimum absolute atomic E-state index is 0.0582. The normalized spacial score (nSPS) is 24.6.